The van der Waals surface area contributed by atoms with Crippen LogP contribution >= 0.6 is 22.7 Å². The Balaban J connectivity index is 1.66. The number of amides is 1. The number of hydrogen-bond donors (Lipinski definition) is 2. The summed E-state index contributed by atoms with van der Waals surface area (Å²) in [5.74, 6) is 0.134. The molecule has 0 spiro atoms. The van der Waals surface area contributed by atoms with Crippen molar-refractivity contribution in [2.24, 2.45) is 0 Å². The van der Waals surface area contributed by atoms with Crippen molar-refractivity contribution in [3.05, 3.63) is 21.0 Å². The van der Waals surface area contributed by atoms with E-state index in [0.29, 0.717) is 17.2 Å². The number of rotatable bonds is 4. The summed E-state index contributed by atoms with van der Waals surface area (Å²) in [4.78, 5) is 23.5. The van der Waals surface area contributed by atoms with E-state index in [1.165, 1.54) is 24.2 Å². The average Bonchev–Trinajstić information content (AvgIpc) is 3.16. The van der Waals surface area contributed by atoms with Gasteiger partial charge in [-0.3, -0.25) is 4.79 Å². The van der Waals surface area contributed by atoms with Crippen LogP contribution in [0.4, 0.5) is 10.9 Å². The Morgan fingerprint density at radius 2 is 2.19 bits per heavy atom. The van der Waals surface area contributed by atoms with Gasteiger partial charge in [-0.1, -0.05) is 11.3 Å². The van der Waals surface area contributed by atoms with Gasteiger partial charge in [-0.25, -0.2) is 9.97 Å². The highest BCUT2D eigenvalue weighted by atomic mass is 32.1. The van der Waals surface area contributed by atoms with Gasteiger partial charge in [0.25, 0.3) is 5.91 Å². The van der Waals surface area contributed by atoms with Gasteiger partial charge in [0, 0.05) is 18.5 Å². The zero-order valence-electron chi connectivity index (χ0n) is 11.8. The zero-order valence-corrected chi connectivity index (χ0v) is 13.4. The van der Waals surface area contributed by atoms with Crippen molar-refractivity contribution < 1.29 is 4.79 Å². The van der Waals surface area contributed by atoms with E-state index in [9.17, 15) is 4.79 Å². The van der Waals surface area contributed by atoms with Crippen LogP contribution in [0.2, 0.25) is 0 Å². The van der Waals surface area contributed by atoms with Gasteiger partial charge in [-0.2, -0.15) is 0 Å². The van der Waals surface area contributed by atoms with Crippen molar-refractivity contribution in [1.82, 2.24) is 15.3 Å². The van der Waals surface area contributed by atoms with Crippen molar-refractivity contribution in [3.8, 4) is 0 Å². The quantitative estimate of drug-likeness (QED) is 0.899. The largest absolute Gasteiger partial charge is 0.382 e. The van der Waals surface area contributed by atoms with Gasteiger partial charge >= 0.3 is 0 Å². The van der Waals surface area contributed by atoms with Crippen molar-refractivity contribution >= 4 is 39.5 Å². The molecule has 8 heteroatoms. The predicted octanol–water partition coefficient (Wildman–Crippen LogP) is 2.02. The summed E-state index contributed by atoms with van der Waals surface area (Å²) in [6, 6.07) is 0. The van der Waals surface area contributed by atoms with Gasteiger partial charge < -0.3 is 16.0 Å². The Kier molecular flexibility index (Phi) is 4.07. The molecule has 2 aromatic rings. The summed E-state index contributed by atoms with van der Waals surface area (Å²) in [5.41, 5.74) is 6.75. The summed E-state index contributed by atoms with van der Waals surface area (Å²) < 4.78 is 0. The van der Waals surface area contributed by atoms with Gasteiger partial charge in [-0.15, -0.1) is 11.3 Å². The monoisotopic (exact) mass is 323 g/mol. The number of carbonyl (C=O) groups excluding carboxylic acids is 1. The Hall–Kier alpha value is -1.67. The molecular formula is C13H17N5OS2. The van der Waals surface area contributed by atoms with Crippen molar-refractivity contribution in [1.29, 1.82) is 0 Å². The van der Waals surface area contributed by atoms with E-state index in [1.54, 1.807) is 11.3 Å². The van der Waals surface area contributed by atoms with Crippen LogP contribution in [-0.4, -0.2) is 29.0 Å². The molecule has 1 amide bonds. The Morgan fingerprint density at radius 3 is 2.86 bits per heavy atom. The molecule has 2 aromatic heterocycles. The highest BCUT2D eigenvalue weighted by Gasteiger charge is 2.21. The third-order valence-corrected chi connectivity index (χ3v) is 5.27. The molecule has 0 bridgehead atoms. The first kappa shape index (κ1) is 14.3. The maximum absolute atomic E-state index is 12.2. The number of nitrogen functional groups attached to an aromatic ring is 1. The fraction of sp³-hybridized carbons (Fsp3) is 0.462. The van der Waals surface area contributed by atoms with Gasteiger partial charge in [0.2, 0.25) is 0 Å². The SMILES string of the molecule is Cc1nc(CNC(=O)c2sc(N3CCCC3)nc2N)cs1. The van der Waals surface area contributed by atoms with Crippen LogP contribution in [0.1, 0.15) is 33.2 Å². The molecule has 1 fully saturated rings. The lowest BCUT2D eigenvalue weighted by Gasteiger charge is -2.11. The van der Waals surface area contributed by atoms with E-state index >= 15 is 0 Å². The number of nitrogens with zero attached hydrogens (tertiary/aromatic N) is 3. The van der Waals surface area contributed by atoms with Crippen LogP contribution in [0.15, 0.2) is 5.38 Å². The second kappa shape index (κ2) is 5.98. The third-order valence-electron chi connectivity index (χ3n) is 3.32. The van der Waals surface area contributed by atoms with Gasteiger partial charge in [0.15, 0.2) is 5.13 Å². The smallest absolute Gasteiger partial charge is 0.265 e. The molecule has 0 aliphatic carbocycles. The molecular weight excluding hydrogens is 306 g/mol. The maximum atomic E-state index is 12.2. The summed E-state index contributed by atoms with van der Waals surface area (Å²) in [6.45, 7) is 4.34. The minimum Gasteiger partial charge on any atom is -0.382 e. The van der Waals surface area contributed by atoms with Crippen molar-refractivity contribution in [2.75, 3.05) is 23.7 Å². The molecule has 0 saturated carbocycles. The fourth-order valence-electron chi connectivity index (χ4n) is 2.27. The molecule has 1 aliphatic rings. The van der Waals surface area contributed by atoms with E-state index in [2.05, 4.69) is 20.2 Å². The molecule has 3 rings (SSSR count). The van der Waals surface area contributed by atoms with E-state index < -0.39 is 0 Å². The minimum absolute atomic E-state index is 0.180. The first-order valence-corrected chi connectivity index (χ1v) is 8.53. The van der Waals surface area contributed by atoms with E-state index in [1.807, 2.05) is 12.3 Å². The fourth-order valence-corrected chi connectivity index (χ4v) is 3.83. The molecule has 0 radical (unpaired) electrons. The summed E-state index contributed by atoms with van der Waals surface area (Å²) >= 11 is 2.94. The summed E-state index contributed by atoms with van der Waals surface area (Å²) in [6.07, 6.45) is 2.34. The molecule has 0 unspecified atom stereocenters. The van der Waals surface area contributed by atoms with E-state index in [4.69, 9.17) is 5.73 Å². The van der Waals surface area contributed by atoms with Crippen LogP contribution in [0.3, 0.4) is 0 Å². The number of carbonyl (C=O) groups is 1. The second-order valence-corrected chi connectivity index (χ2v) is 6.99. The van der Waals surface area contributed by atoms with Gasteiger partial charge in [0.1, 0.15) is 10.7 Å². The molecule has 0 aromatic carbocycles. The average molecular weight is 323 g/mol. The third kappa shape index (κ3) is 3.16. The molecule has 3 heterocycles. The van der Waals surface area contributed by atoms with E-state index in [-0.39, 0.29) is 5.91 Å². The maximum Gasteiger partial charge on any atom is 0.265 e. The number of nitrogens with two attached hydrogens (primary N) is 1. The predicted molar refractivity (Wildman–Crippen MR) is 86.0 cm³/mol. The normalized spacial score (nSPS) is 14.6. The second-order valence-electron chi connectivity index (χ2n) is 4.95. The number of nitrogens with one attached hydrogen (secondary N) is 1. The first-order valence-electron chi connectivity index (χ1n) is 6.84. The Morgan fingerprint density at radius 1 is 1.43 bits per heavy atom. The molecule has 3 N–H and O–H groups in total. The minimum atomic E-state index is -0.180. The lowest BCUT2D eigenvalue weighted by atomic mass is 10.4. The lowest BCUT2D eigenvalue weighted by Crippen LogP contribution is -2.22. The summed E-state index contributed by atoms with van der Waals surface area (Å²) in [7, 11) is 0. The number of aryl methyl sites for hydroxylation is 1. The Bertz CT molecular complexity index is 645. The molecule has 0 atom stereocenters. The van der Waals surface area contributed by atoms with E-state index in [0.717, 1.165) is 28.9 Å². The molecule has 1 saturated heterocycles. The molecule has 6 nitrogen and oxygen atoms in total. The highest BCUT2D eigenvalue weighted by Crippen LogP contribution is 2.30. The topological polar surface area (TPSA) is 84.1 Å². The Labute approximate surface area is 131 Å². The van der Waals surface area contributed by atoms with Crippen molar-refractivity contribution in [2.45, 2.75) is 26.3 Å². The first-order chi connectivity index (χ1) is 10.1. The highest BCUT2D eigenvalue weighted by molar-refractivity contribution is 7.18. The number of aromatic nitrogens is 2. The summed E-state index contributed by atoms with van der Waals surface area (Å²) in [5, 5.41) is 6.64. The van der Waals surface area contributed by atoms with Crippen molar-refractivity contribution in [3.63, 3.8) is 0 Å². The van der Waals surface area contributed by atoms with Crippen LogP contribution in [-0.2, 0) is 6.54 Å². The van der Waals surface area contributed by atoms with Crippen LogP contribution in [0, 0.1) is 6.92 Å². The van der Waals surface area contributed by atoms with Crippen LogP contribution < -0.4 is 16.0 Å². The number of anilines is 2. The van der Waals surface area contributed by atoms with Gasteiger partial charge in [-0.05, 0) is 19.8 Å². The molecule has 21 heavy (non-hydrogen) atoms. The molecule has 1 aliphatic heterocycles. The van der Waals surface area contributed by atoms with Crippen LogP contribution in [0.5, 0.6) is 0 Å². The van der Waals surface area contributed by atoms with Gasteiger partial charge in [0.05, 0.1) is 17.2 Å². The lowest BCUT2D eigenvalue weighted by molar-refractivity contribution is 0.0955. The van der Waals surface area contributed by atoms with Crippen LogP contribution in [0.25, 0.3) is 0 Å². The molecule has 112 valence electrons. The number of hydrogen-bond acceptors (Lipinski definition) is 7. The zero-order chi connectivity index (χ0) is 14.8. The number of thiazole rings is 2. The standard InChI is InChI=1S/C13H17N5OS2/c1-8-16-9(7-20-8)6-15-12(19)10-11(14)17-13(21-10)18-4-2-3-5-18/h7H,2-6,14H2,1H3,(H,15,19).